The van der Waals surface area contributed by atoms with Gasteiger partial charge in [-0.3, -0.25) is 9.79 Å². The van der Waals surface area contributed by atoms with E-state index in [1.165, 1.54) is 12.0 Å². The zero-order chi connectivity index (χ0) is 16.7. The Bertz CT molecular complexity index is 555. The first kappa shape index (κ1) is 17.8. The molecule has 6 heteroatoms. The first-order valence-corrected chi connectivity index (χ1v) is 8.84. The summed E-state index contributed by atoms with van der Waals surface area (Å²) >= 11 is 3.56. The Kier molecular flexibility index (Phi) is 6.89. The van der Waals surface area contributed by atoms with E-state index >= 15 is 0 Å². The number of benzene rings is 1. The van der Waals surface area contributed by atoms with Crippen LogP contribution in [-0.2, 0) is 11.3 Å². The predicted octanol–water partition coefficient (Wildman–Crippen LogP) is 2.47. The molecule has 5 nitrogen and oxygen atoms in total. The molecule has 0 atom stereocenters. The molecule has 1 aliphatic rings. The van der Waals surface area contributed by atoms with Crippen LogP contribution in [0, 0.1) is 0 Å². The van der Waals surface area contributed by atoms with Gasteiger partial charge in [0, 0.05) is 38.2 Å². The molecule has 0 spiro atoms. The summed E-state index contributed by atoms with van der Waals surface area (Å²) in [4.78, 5) is 20.5. The lowest BCUT2D eigenvalue weighted by Gasteiger charge is -2.28. The molecule has 126 valence electrons. The number of likely N-dealkylation sites (tertiary alicyclic amines) is 1. The molecule has 0 bridgehead atoms. The first-order chi connectivity index (χ1) is 11.1. The van der Waals surface area contributed by atoms with E-state index in [2.05, 4.69) is 32.3 Å². The molecule has 1 heterocycles. The van der Waals surface area contributed by atoms with Gasteiger partial charge in [0.15, 0.2) is 5.96 Å². The molecule has 2 rings (SSSR count). The molecule has 1 fully saturated rings. The molecule has 1 amide bonds. The van der Waals surface area contributed by atoms with Crippen molar-refractivity contribution >= 4 is 27.8 Å². The van der Waals surface area contributed by atoms with E-state index in [0.29, 0.717) is 6.54 Å². The Labute approximate surface area is 146 Å². The van der Waals surface area contributed by atoms with Gasteiger partial charge in [-0.15, -0.1) is 0 Å². The molecule has 1 aromatic rings. The maximum atomic E-state index is 12.2. The topological polar surface area (TPSA) is 47.9 Å². The third kappa shape index (κ3) is 5.23. The summed E-state index contributed by atoms with van der Waals surface area (Å²) in [6.07, 6.45) is 3.46. The van der Waals surface area contributed by atoms with Crippen molar-refractivity contribution in [1.29, 1.82) is 0 Å². The molecule has 0 unspecified atom stereocenters. The standard InChI is InChI=1S/C17H25BrN4O/c1-19-17(20-12-16(23)22-10-6-3-7-11-22)21(2)13-14-8-4-5-9-15(14)18/h4-5,8-9H,3,6-7,10-13H2,1-2H3,(H,19,20). The van der Waals surface area contributed by atoms with E-state index in [-0.39, 0.29) is 5.91 Å². The van der Waals surface area contributed by atoms with E-state index in [0.717, 1.165) is 42.9 Å². The summed E-state index contributed by atoms with van der Waals surface area (Å²) in [6.45, 7) is 2.78. The third-order valence-corrected chi connectivity index (χ3v) is 4.82. The monoisotopic (exact) mass is 380 g/mol. The number of nitrogens with zero attached hydrogens (tertiary/aromatic N) is 3. The number of aliphatic imine (C=N–C) groups is 1. The summed E-state index contributed by atoms with van der Waals surface area (Å²) < 4.78 is 1.08. The van der Waals surface area contributed by atoms with Crippen molar-refractivity contribution in [2.45, 2.75) is 25.8 Å². The van der Waals surface area contributed by atoms with Crippen molar-refractivity contribution in [2.75, 3.05) is 33.7 Å². The van der Waals surface area contributed by atoms with Crippen LogP contribution in [0.15, 0.2) is 33.7 Å². The molecule has 1 aliphatic heterocycles. The molecule has 0 radical (unpaired) electrons. The van der Waals surface area contributed by atoms with Gasteiger partial charge in [0.1, 0.15) is 0 Å². The Hall–Kier alpha value is -1.56. The highest BCUT2D eigenvalue weighted by Gasteiger charge is 2.17. The maximum Gasteiger partial charge on any atom is 0.241 e. The summed E-state index contributed by atoms with van der Waals surface area (Å²) in [5.41, 5.74) is 1.18. The number of carbonyl (C=O) groups is 1. The molecular weight excluding hydrogens is 356 g/mol. The van der Waals surface area contributed by atoms with Crippen LogP contribution in [0.5, 0.6) is 0 Å². The van der Waals surface area contributed by atoms with Crippen molar-refractivity contribution in [3.8, 4) is 0 Å². The van der Waals surface area contributed by atoms with Crippen molar-refractivity contribution in [3.05, 3.63) is 34.3 Å². The van der Waals surface area contributed by atoms with Gasteiger partial charge in [0.05, 0.1) is 6.54 Å². The van der Waals surface area contributed by atoms with Gasteiger partial charge < -0.3 is 15.1 Å². The zero-order valence-electron chi connectivity index (χ0n) is 13.9. The fourth-order valence-electron chi connectivity index (χ4n) is 2.75. The SMILES string of the molecule is CN=C(NCC(=O)N1CCCCC1)N(C)Cc1ccccc1Br. The number of nitrogens with one attached hydrogen (secondary N) is 1. The molecular formula is C17H25BrN4O. The quantitative estimate of drug-likeness (QED) is 0.644. The lowest BCUT2D eigenvalue weighted by molar-refractivity contribution is -0.130. The average Bonchev–Trinajstić information content (AvgIpc) is 2.58. The van der Waals surface area contributed by atoms with Gasteiger partial charge in [0.25, 0.3) is 0 Å². The Balaban J connectivity index is 1.87. The minimum absolute atomic E-state index is 0.153. The van der Waals surface area contributed by atoms with Gasteiger partial charge >= 0.3 is 0 Å². The first-order valence-electron chi connectivity index (χ1n) is 8.05. The van der Waals surface area contributed by atoms with Gasteiger partial charge in [0.2, 0.25) is 5.91 Å². The number of hydrogen-bond acceptors (Lipinski definition) is 2. The summed E-state index contributed by atoms with van der Waals surface area (Å²) in [5.74, 6) is 0.881. The number of carbonyl (C=O) groups excluding carboxylic acids is 1. The largest absolute Gasteiger partial charge is 0.347 e. The van der Waals surface area contributed by atoms with Crippen LogP contribution in [0.1, 0.15) is 24.8 Å². The second kappa shape index (κ2) is 8.91. The lowest BCUT2D eigenvalue weighted by atomic mass is 10.1. The van der Waals surface area contributed by atoms with Crippen LogP contribution in [0.3, 0.4) is 0 Å². The number of piperidine rings is 1. The number of halogens is 1. The van der Waals surface area contributed by atoms with Gasteiger partial charge in [-0.2, -0.15) is 0 Å². The van der Waals surface area contributed by atoms with E-state index in [4.69, 9.17) is 0 Å². The minimum Gasteiger partial charge on any atom is -0.347 e. The number of hydrogen-bond donors (Lipinski definition) is 1. The predicted molar refractivity (Wildman–Crippen MR) is 97.4 cm³/mol. The van der Waals surface area contributed by atoms with Crippen molar-refractivity contribution in [3.63, 3.8) is 0 Å². The Morgan fingerprint density at radius 2 is 2.00 bits per heavy atom. The van der Waals surface area contributed by atoms with Gasteiger partial charge in [-0.05, 0) is 30.9 Å². The van der Waals surface area contributed by atoms with Crippen molar-refractivity contribution in [1.82, 2.24) is 15.1 Å². The smallest absolute Gasteiger partial charge is 0.241 e. The van der Waals surface area contributed by atoms with E-state index in [9.17, 15) is 4.79 Å². The molecule has 1 aromatic carbocycles. The molecule has 1 saturated heterocycles. The van der Waals surface area contributed by atoms with E-state index in [1.807, 2.05) is 35.0 Å². The Morgan fingerprint density at radius 3 is 2.65 bits per heavy atom. The number of guanidine groups is 1. The zero-order valence-corrected chi connectivity index (χ0v) is 15.5. The van der Waals surface area contributed by atoms with Crippen LogP contribution in [0.4, 0.5) is 0 Å². The fraction of sp³-hybridized carbons (Fsp3) is 0.529. The van der Waals surface area contributed by atoms with Crippen LogP contribution in [-0.4, -0.2) is 55.4 Å². The molecule has 0 aromatic heterocycles. The number of rotatable bonds is 4. The molecule has 1 N–H and O–H groups in total. The summed E-state index contributed by atoms with van der Waals surface area (Å²) in [5, 5.41) is 3.18. The normalized spacial score (nSPS) is 15.4. The second-order valence-corrected chi connectivity index (χ2v) is 6.64. The number of amides is 1. The van der Waals surface area contributed by atoms with E-state index in [1.54, 1.807) is 7.05 Å². The molecule has 23 heavy (non-hydrogen) atoms. The summed E-state index contributed by atoms with van der Waals surface area (Å²) in [7, 11) is 3.71. The average molecular weight is 381 g/mol. The minimum atomic E-state index is 0.153. The fourth-order valence-corrected chi connectivity index (χ4v) is 3.16. The van der Waals surface area contributed by atoms with Crippen LogP contribution in [0.25, 0.3) is 0 Å². The third-order valence-electron chi connectivity index (χ3n) is 4.05. The Morgan fingerprint density at radius 1 is 1.30 bits per heavy atom. The highest BCUT2D eigenvalue weighted by atomic mass is 79.9. The van der Waals surface area contributed by atoms with Crippen LogP contribution < -0.4 is 5.32 Å². The van der Waals surface area contributed by atoms with Crippen molar-refractivity contribution < 1.29 is 4.79 Å². The van der Waals surface area contributed by atoms with Crippen LogP contribution >= 0.6 is 15.9 Å². The second-order valence-electron chi connectivity index (χ2n) is 5.79. The summed E-state index contributed by atoms with van der Waals surface area (Å²) in [6, 6.07) is 8.12. The lowest BCUT2D eigenvalue weighted by Crippen LogP contribution is -2.46. The highest BCUT2D eigenvalue weighted by Crippen LogP contribution is 2.17. The molecule has 0 aliphatic carbocycles. The van der Waals surface area contributed by atoms with Crippen molar-refractivity contribution in [2.24, 2.45) is 4.99 Å². The maximum absolute atomic E-state index is 12.2. The van der Waals surface area contributed by atoms with Crippen LogP contribution in [0.2, 0.25) is 0 Å². The molecule has 0 saturated carbocycles. The van der Waals surface area contributed by atoms with Gasteiger partial charge in [-0.25, -0.2) is 0 Å². The van der Waals surface area contributed by atoms with Gasteiger partial charge in [-0.1, -0.05) is 34.1 Å². The van der Waals surface area contributed by atoms with E-state index < -0.39 is 0 Å². The highest BCUT2D eigenvalue weighted by molar-refractivity contribution is 9.10.